The van der Waals surface area contributed by atoms with E-state index in [0.29, 0.717) is 30.7 Å². The number of hydrogen-bond donors (Lipinski definition) is 2. The number of nitrogens with one attached hydrogen (secondary N) is 2. The Morgan fingerprint density at radius 3 is 2.54 bits per heavy atom. The number of aromatic nitrogens is 2. The first-order chi connectivity index (χ1) is 12.6. The van der Waals surface area contributed by atoms with Gasteiger partial charge >= 0.3 is 0 Å². The Morgan fingerprint density at radius 2 is 1.77 bits per heavy atom. The minimum absolute atomic E-state index is 0.106. The molecule has 0 unspecified atom stereocenters. The third kappa shape index (κ3) is 4.27. The molecular formula is C20H22N4O2. The molecule has 134 valence electrons. The number of benzene rings is 2. The van der Waals surface area contributed by atoms with Gasteiger partial charge in [-0.15, -0.1) is 0 Å². The maximum atomic E-state index is 12.3. The van der Waals surface area contributed by atoms with E-state index in [1.54, 1.807) is 18.0 Å². The standard InChI is InChI=1S/C20H22N4O2/c1-24(18(25)12-11-15-7-3-2-4-8-15)14-13-21-19-16-9-5-6-10-17(16)20(26)23-22-19/h2-10H,11-14H2,1H3,(H,21,22)(H,23,26). The van der Waals surface area contributed by atoms with Gasteiger partial charge in [-0.25, -0.2) is 5.10 Å². The molecule has 0 saturated carbocycles. The topological polar surface area (TPSA) is 78.1 Å². The number of carbonyl (C=O) groups is 1. The molecular weight excluding hydrogens is 328 g/mol. The molecule has 1 heterocycles. The van der Waals surface area contributed by atoms with Crippen LogP contribution < -0.4 is 10.9 Å². The smallest absolute Gasteiger partial charge is 0.272 e. The molecule has 2 aromatic carbocycles. The van der Waals surface area contributed by atoms with Gasteiger partial charge in [0.25, 0.3) is 5.56 Å². The van der Waals surface area contributed by atoms with E-state index in [1.807, 2.05) is 48.5 Å². The van der Waals surface area contributed by atoms with Crippen LogP contribution in [0.4, 0.5) is 5.82 Å². The Kier molecular flexibility index (Phi) is 5.63. The molecule has 1 amide bonds. The number of carbonyl (C=O) groups excluding carboxylic acids is 1. The third-order valence-corrected chi connectivity index (χ3v) is 4.33. The van der Waals surface area contributed by atoms with Crippen molar-refractivity contribution in [3.63, 3.8) is 0 Å². The summed E-state index contributed by atoms with van der Waals surface area (Å²) in [4.78, 5) is 25.8. The maximum Gasteiger partial charge on any atom is 0.272 e. The number of rotatable bonds is 7. The van der Waals surface area contributed by atoms with Crippen molar-refractivity contribution in [2.24, 2.45) is 0 Å². The average molecular weight is 350 g/mol. The predicted molar refractivity (Wildman–Crippen MR) is 103 cm³/mol. The predicted octanol–water partition coefficient (Wildman–Crippen LogP) is 2.43. The lowest BCUT2D eigenvalue weighted by atomic mass is 10.1. The fourth-order valence-electron chi connectivity index (χ4n) is 2.80. The van der Waals surface area contributed by atoms with Gasteiger partial charge in [0.15, 0.2) is 5.82 Å². The van der Waals surface area contributed by atoms with Gasteiger partial charge in [-0.3, -0.25) is 9.59 Å². The van der Waals surface area contributed by atoms with Crippen molar-refractivity contribution in [1.82, 2.24) is 15.1 Å². The van der Waals surface area contributed by atoms with Gasteiger partial charge in [-0.1, -0.05) is 48.5 Å². The number of hydrogen-bond acceptors (Lipinski definition) is 4. The van der Waals surface area contributed by atoms with Crippen molar-refractivity contribution in [2.45, 2.75) is 12.8 Å². The first-order valence-corrected chi connectivity index (χ1v) is 8.64. The summed E-state index contributed by atoms with van der Waals surface area (Å²) >= 11 is 0. The summed E-state index contributed by atoms with van der Waals surface area (Å²) in [5, 5.41) is 11.1. The Hall–Kier alpha value is -3.15. The van der Waals surface area contributed by atoms with E-state index in [9.17, 15) is 9.59 Å². The fraction of sp³-hybridized carbons (Fsp3) is 0.250. The molecule has 6 nitrogen and oxygen atoms in total. The fourth-order valence-corrected chi connectivity index (χ4v) is 2.80. The molecule has 3 rings (SSSR count). The van der Waals surface area contributed by atoms with Gasteiger partial charge in [0.2, 0.25) is 5.91 Å². The van der Waals surface area contributed by atoms with Gasteiger partial charge in [-0.2, -0.15) is 5.10 Å². The number of anilines is 1. The summed E-state index contributed by atoms with van der Waals surface area (Å²) in [6.45, 7) is 1.11. The zero-order chi connectivity index (χ0) is 18.4. The lowest BCUT2D eigenvalue weighted by molar-refractivity contribution is -0.129. The molecule has 0 saturated heterocycles. The largest absolute Gasteiger partial charge is 0.366 e. The zero-order valence-corrected chi connectivity index (χ0v) is 14.7. The molecule has 0 bridgehead atoms. The second-order valence-electron chi connectivity index (χ2n) is 6.17. The van der Waals surface area contributed by atoms with E-state index in [4.69, 9.17) is 0 Å². The molecule has 0 fully saturated rings. The van der Waals surface area contributed by atoms with Crippen LogP contribution in [0.5, 0.6) is 0 Å². The molecule has 0 atom stereocenters. The van der Waals surface area contributed by atoms with Crippen LogP contribution in [0, 0.1) is 0 Å². The first kappa shape index (κ1) is 17.7. The summed E-state index contributed by atoms with van der Waals surface area (Å²) in [5.41, 5.74) is 0.954. The van der Waals surface area contributed by atoms with Gasteiger partial charge in [0.1, 0.15) is 0 Å². The van der Waals surface area contributed by atoms with Crippen molar-refractivity contribution >= 4 is 22.5 Å². The van der Waals surface area contributed by atoms with Crippen molar-refractivity contribution in [3.05, 3.63) is 70.5 Å². The highest BCUT2D eigenvalue weighted by molar-refractivity contribution is 5.90. The van der Waals surface area contributed by atoms with Gasteiger partial charge in [-0.05, 0) is 18.1 Å². The lowest BCUT2D eigenvalue weighted by Crippen LogP contribution is -2.31. The summed E-state index contributed by atoms with van der Waals surface area (Å²) in [5.74, 6) is 0.722. The van der Waals surface area contributed by atoms with Crippen LogP contribution >= 0.6 is 0 Å². The Morgan fingerprint density at radius 1 is 1.08 bits per heavy atom. The highest BCUT2D eigenvalue weighted by Crippen LogP contribution is 2.16. The third-order valence-electron chi connectivity index (χ3n) is 4.33. The van der Waals surface area contributed by atoms with Gasteiger partial charge in [0, 0.05) is 31.9 Å². The van der Waals surface area contributed by atoms with E-state index in [-0.39, 0.29) is 11.5 Å². The number of likely N-dealkylation sites (N-methyl/N-ethyl adjacent to an activating group) is 1. The zero-order valence-electron chi connectivity index (χ0n) is 14.7. The average Bonchev–Trinajstić information content (AvgIpc) is 2.68. The van der Waals surface area contributed by atoms with Crippen molar-refractivity contribution in [2.75, 3.05) is 25.5 Å². The van der Waals surface area contributed by atoms with Crippen molar-refractivity contribution in [1.29, 1.82) is 0 Å². The van der Waals surface area contributed by atoms with Crippen LogP contribution in [0.1, 0.15) is 12.0 Å². The molecule has 6 heteroatoms. The molecule has 1 aromatic heterocycles. The van der Waals surface area contributed by atoms with E-state index in [2.05, 4.69) is 15.5 Å². The maximum absolute atomic E-state index is 12.3. The summed E-state index contributed by atoms with van der Waals surface area (Å²) in [7, 11) is 1.80. The van der Waals surface area contributed by atoms with E-state index in [1.165, 1.54) is 0 Å². The van der Waals surface area contributed by atoms with Crippen LogP contribution in [0.15, 0.2) is 59.4 Å². The molecule has 26 heavy (non-hydrogen) atoms. The minimum atomic E-state index is -0.209. The summed E-state index contributed by atoms with van der Waals surface area (Å²) in [6, 6.07) is 17.3. The van der Waals surface area contributed by atoms with Crippen molar-refractivity contribution < 1.29 is 4.79 Å². The Balaban J connectivity index is 1.52. The molecule has 0 spiro atoms. The molecule has 2 N–H and O–H groups in total. The highest BCUT2D eigenvalue weighted by Gasteiger charge is 2.10. The van der Waals surface area contributed by atoms with Gasteiger partial charge in [0.05, 0.1) is 5.39 Å². The first-order valence-electron chi connectivity index (χ1n) is 8.64. The SMILES string of the molecule is CN(CCNc1n[nH]c(=O)c2ccccc12)C(=O)CCc1ccccc1. The lowest BCUT2D eigenvalue weighted by Gasteiger charge is -2.18. The number of aromatic amines is 1. The number of H-pyrrole nitrogens is 1. The second kappa shape index (κ2) is 8.29. The summed E-state index contributed by atoms with van der Waals surface area (Å²) < 4.78 is 0. The van der Waals surface area contributed by atoms with Crippen LogP contribution in [-0.4, -0.2) is 41.1 Å². The van der Waals surface area contributed by atoms with Crippen molar-refractivity contribution in [3.8, 4) is 0 Å². The van der Waals surface area contributed by atoms with Gasteiger partial charge < -0.3 is 10.2 Å². The minimum Gasteiger partial charge on any atom is -0.366 e. The normalized spacial score (nSPS) is 10.7. The monoisotopic (exact) mass is 350 g/mol. The van der Waals surface area contributed by atoms with Crippen LogP contribution in [0.25, 0.3) is 10.8 Å². The summed E-state index contributed by atoms with van der Waals surface area (Å²) in [6.07, 6.45) is 1.23. The second-order valence-corrected chi connectivity index (χ2v) is 6.17. The van der Waals surface area contributed by atoms with E-state index in [0.717, 1.165) is 17.4 Å². The quantitative estimate of drug-likeness (QED) is 0.686. The Bertz CT molecular complexity index is 937. The Labute approximate surface area is 151 Å². The van der Waals surface area contributed by atoms with E-state index >= 15 is 0 Å². The van der Waals surface area contributed by atoms with Crippen LogP contribution in [-0.2, 0) is 11.2 Å². The number of amides is 1. The van der Waals surface area contributed by atoms with E-state index < -0.39 is 0 Å². The molecule has 0 aliphatic rings. The molecule has 0 radical (unpaired) electrons. The number of nitrogens with zero attached hydrogens (tertiary/aromatic N) is 2. The van der Waals surface area contributed by atoms with Crippen LogP contribution in [0.2, 0.25) is 0 Å². The number of fused-ring (bicyclic) bond motifs is 1. The molecule has 0 aliphatic heterocycles. The molecule has 0 aliphatic carbocycles. The van der Waals surface area contributed by atoms with Crippen LogP contribution in [0.3, 0.4) is 0 Å². The highest BCUT2D eigenvalue weighted by atomic mass is 16.2. The number of aryl methyl sites for hydroxylation is 1. The molecule has 3 aromatic rings.